The Labute approximate surface area is 187 Å². The first-order chi connectivity index (χ1) is 14.3. The largest absolute Gasteiger partial charge is 0.337 e. The molecule has 0 saturated carbocycles. The summed E-state index contributed by atoms with van der Waals surface area (Å²) in [5, 5.41) is 3.45. The van der Waals surface area contributed by atoms with E-state index < -0.39 is 0 Å². The lowest BCUT2D eigenvalue weighted by Crippen LogP contribution is -2.39. The second-order valence-corrected chi connectivity index (χ2v) is 8.79. The molecule has 8 heteroatoms. The Balaban J connectivity index is 1.81. The van der Waals surface area contributed by atoms with Gasteiger partial charge < -0.3 is 5.32 Å². The third-order valence-corrected chi connectivity index (χ3v) is 5.79. The highest BCUT2D eigenvalue weighted by atomic mass is 32.1. The van der Waals surface area contributed by atoms with Crippen molar-refractivity contribution in [2.45, 2.75) is 103 Å². The topological polar surface area (TPSA) is 78.9 Å². The maximum Gasteiger partial charge on any atom is 0.333 e. The second-order valence-electron chi connectivity index (χ2n) is 7.59. The third-order valence-electron chi connectivity index (χ3n) is 4.90. The molecule has 3 N–H and O–H groups in total. The van der Waals surface area contributed by atoms with Crippen LogP contribution in [0.5, 0.6) is 0 Å². The van der Waals surface area contributed by atoms with Gasteiger partial charge in [0, 0.05) is 24.5 Å². The molecule has 0 spiro atoms. The summed E-state index contributed by atoms with van der Waals surface area (Å²) in [6, 6.07) is -0.231. The van der Waals surface area contributed by atoms with E-state index in [4.69, 9.17) is 0 Å². The van der Waals surface area contributed by atoms with Crippen LogP contribution in [-0.4, -0.2) is 27.7 Å². The first kappa shape index (κ1) is 26.0. The van der Waals surface area contributed by atoms with Crippen LogP contribution in [0.4, 0.5) is 9.93 Å². The van der Waals surface area contributed by atoms with Crippen molar-refractivity contribution in [3.8, 4) is 0 Å². The van der Waals surface area contributed by atoms with Crippen molar-refractivity contribution in [1.29, 1.82) is 0 Å². The Hall–Kier alpha value is -1.02. The summed E-state index contributed by atoms with van der Waals surface area (Å²) in [4.78, 5) is 16.0. The van der Waals surface area contributed by atoms with Crippen LogP contribution in [0.1, 0.15) is 103 Å². The number of unbranched alkanes of at least 4 members (excludes halogenated alkanes) is 13. The van der Waals surface area contributed by atoms with E-state index in [0.717, 1.165) is 18.7 Å². The lowest BCUT2D eigenvalue weighted by atomic mass is 10.0. The van der Waals surface area contributed by atoms with Gasteiger partial charge in [-0.3, -0.25) is 5.43 Å². The third kappa shape index (κ3) is 15.5. The van der Waals surface area contributed by atoms with Gasteiger partial charge in [0.15, 0.2) is 0 Å². The molecule has 0 fully saturated rings. The fourth-order valence-corrected chi connectivity index (χ4v) is 3.95. The number of amides is 2. The van der Waals surface area contributed by atoms with Crippen LogP contribution in [0.15, 0.2) is 0 Å². The van der Waals surface area contributed by atoms with Gasteiger partial charge in [0.25, 0.3) is 0 Å². The molecule has 1 aromatic heterocycles. The summed E-state index contributed by atoms with van der Waals surface area (Å²) < 4.78 is 4.18. The van der Waals surface area contributed by atoms with E-state index in [0.29, 0.717) is 17.4 Å². The zero-order valence-electron chi connectivity index (χ0n) is 18.2. The molecule has 0 radical (unpaired) electrons. The van der Waals surface area contributed by atoms with Crippen LogP contribution in [0.25, 0.3) is 0 Å². The van der Waals surface area contributed by atoms with E-state index in [1.165, 1.54) is 95.0 Å². The number of anilines is 1. The Bertz CT molecular complexity index is 513. The zero-order valence-corrected chi connectivity index (χ0v) is 19.9. The minimum absolute atomic E-state index is 0.231. The highest BCUT2D eigenvalue weighted by Gasteiger charge is 2.04. The van der Waals surface area contributed by atoms with Gasteiger partial charge in [0.1, 0.15) is 5.82 Å². The minimum atomic E-state index is -0.231. The Kier molecular flexibility index (Phi) is 17.0. The lowest BCUT2D eigenvalue weighted by molar-refractivity contribution is 0.242. The molecule has 0 bridgehead atoms. The molecule has 6 nitrogen and oxygen atoms in total. The summed E-state index contributed by atoms with van der Waals surface area (Å²) in [6.45, 7) is 2.97. The highest BCUT2D eigenvalue weighted by molar-refractivity contribution is 7.80. The maximum atomic E-state index is 11.7. The van der Waals surface area contributed by atoms with Crippen LogP contribution < -0.4 is 16.2 Å². The standard InChI is InChI=1S/C21H41N5OS2/c1-2-3-4-5-6-7-8-9-10-11-12-13-14-15-17-22-20(27)24-25-21-23-19(16-18-28)26-29-21/h28H,2-18H2,1H3,(H2,22,24,27)(H,23,25,26). The fourth-order valence-electron chi connectivity index (χ4n) is 3.18. The molecule has 1 aromatic rings. The zero-order chi connectivity index (χ0) is 21.0. The maximum absolute atomic E-state index is 11.7. The normalized spacial score (nSPS) is 10.8. The molecule has 2 amide bonds. The minimum Gasteiger partial charge on any atom is -0.337 e. The van der Waals surface area contributed by atoms with Crippen molar-refractivity contribution in [2.24, 2.45) is 0 Å². The molecule has 1 heterocycles. The van der Waals surface area contributed by atoms with Gasteiger partial charge in [-0.25, -0.2) is 15.2 Å². The number of rotatable bonds is 19. The molecule has 0 aromatic carbocycles. The fraction of sp³-hybridized carbons (Fsp3) is 0.857. The van der Waals surface area contributed by atoms with E-state index >= 15 is 0 Å². The molecular formula is C21H41N5OS2. The van der Waals surface area contributed by atoms with Gasteiger partial charge in [0.2, 0.25) is 5.13 Å². The molecule has 0 aliphatic heterocycles. The van der Waals surface area contributed by atoms with Crippen LogP contribution in [0.3, 0.4) is 0 Å². The average Bonchev–Trinajstić information content (AvgIpc) is 3.17. The molecular weight excluding hydrogens is 402 g/mol. The number of urea groups is 1. The lowest BCUT2D eigenvalue weighted by Gasteiger charge is -2.07. The summed E-state index contributed by atoms with van der Waals surface area (Å²) in [5.74, 6) is 1.46. The summed E-state index contributed by atoms with van der Waals surface area (Å²) in [6.07, 6.45) is 19.5. The first-order valence-electron chi connectivity index (χ1n) is 11.5. The second kappa shape index (κ2) is 19.0. The van der Waals surface area contributed by atoms with Crippen LogP contribution in [0.2, 0.25) is 0 Å². The molecule has 0 aliphatic carbocycles. The highest BCUT2D eigenvalue weighted by Crippen LogP contribution is 2.13. The number of nitrogens with zero attached hydrogens (tertiary/aromatic N) is 2. The van der Waals surface area contributed by atoms with Crippen LogP contribution in [-0.2, 0) is 6.42 Å². The molecule has 0 atom stereocenters. The van der Waals surface area contributed by atoms with Crippen molar-refractivity contribution in [3.63, 3.8) is 0 Å². The predicted molar refractivity (Wildman–Crippen MR) is 128 cm³/mol. The average molecular weight is 444 g/mol. The van der Waals surface area contributed by atoms with E-state index in [2.05, 4.69) is 45.1 Å². The predicted octanol–water partition coefficient (Wildman–Crippen LogP) is 6.12. The Morgan fingerprint density at radius 3 is 2.00 bits per heavy atom. The Morgan fingerprint density at radius 2 is 1.45 bits per heavy atom. The van der Waals surface area contributed by atoms with E-state index in [1.54, 1.807) is 0 Å². The molecule has 0 saturated heterocycles. The number of carbonyl (C=O) groups is 1. The van der Waals surface area contributed by atoms with Crippen molar-refractivity contribution < 1.29 is 4.79 Å². The van der Waals surface area contributed by atoms with E-state index in [1.807, 2.05) is 0 Å². The van der Waals surface area contributed by atoms with Crippen molar-refractivity contribution in [1.82, 2.24) is 20.1 Å². The van der Waals surface area contributed by atoms with E-state index in [9.17, 15) is 4.79 Å². The molecule has 1 rings (SSSR count). The molecule has 0 unspecified atom stereocenters. The smallest absolute Gasteiger partial charge is 0.333 e. The molecule has 0 aliphatic rings. The summed E-state index contributed by atoms with van der Waals surface area (Å²) >= 11 is 5.39. The Morgan fingerprint density at radius 1 is 0.897 bits per heavy atom. The van der Waals surface area contributed by atoms with Crippen molar-refractivity contribution in [2.75, 3.05) is 17.7 Å². The summed E-state index contributed by atoms with van der Waals surface area (Å²) in [5.41, 5.74) is 5.38. The number of carbonyl (C=O) groups excluding carboxylic acids is 1. The number of nitrogens with one attached hydrogen (secondary N) is 3. The number of aryl methyl sites for hydroxylation is 1. The number of hydrogen-bond donors (Lipinski definition) is 4. The van der Waals surface area contributed by atoms with E-state index in [-0.39, 0.29) is 6.03 Å². The van der Waals surface area contributed by atoms with Crippen LogP contribution >= 0.6 is 24.2 Å². The van der Waals surface area contributed by atoms with Gasteiger partial charge in [-0.15, -0.1) is 0 Å². The monoisotopic (exact) mass is 443 g/mol. The number of hydrazine groups is 1. The van der Waals surface area contributed by atoms with Crippen LogP contribution in [0, 0.1) is 0 Å². The van der Waals surface area contributed by atoms with Gasteiger partial charge in [-0.1, -0.05) is 90.4 Å². The van der Waals surface area contributed by atoms with Gasteiger partial charge >= 0.3 is 6.03 Å². The van der Waals surface area contributed by atoms with Crippen molar-refractivity contribution in [3.05, 3.63) is 5.82 Å². The number of aromatic nitrogens is 2. The first-order valence-corrected chi connectivity index (χ1v) is 12.9. The SMILES string of the molecule is CCCCCCCCCCCCCCCCNC(=O)NNc1nc(CCS)ns1. The van der Waals surface area contributed by atoms with Gasteiger partial charge in [-0.05, 0) is 12.2 Å². The summed E-state index contributed by atoms with van der Waals surface area (Å²) in [7, 11) is 0. The van der Waals surface area contributed by atoms with Gasteiger partial charge in [-0.2, -0.15) is 17.0 Å². The molecule has 29 heavy (non-hydrogen) atoms. The quantitative estimate of drug-likeness (QED) is 0.118. The molecule has 168 valence electrons. The van der Waals surface area contributed by atoms with Crippen molar-refractivity contribution >= 4 is 35.3 Å². The number of hydrogen-bond acceptors (Lipinski definition) is 6. The van der Waals surface area contributed by atoms with Gasteiger partial charge in [0.05, 0.1) is 0 Å². The number of thiol groups is 1.